The van der Waals surface area contributed by atoms with Crippen molar-refractivity contribution >= 4 is 17.5 Å². The van der Waals surface area contributed by atoms with Crippen LogP contribution in [0.2, 0.25) is 0 Å². The van der Waals surface area contributed by atoms with Crippen LogP contribution in [0.3, 0.4) is 0 Å². The Morgan fingerprint density at radius 2 is 2.05 bits per heavy atom. The van der Waals surface area contributed by atoms with Crippen molar-refractivity contribution in [3.63, 3.8) is 0 Å². The summed E-state index contributed by atoms with van der Waals surface area (Å²) in [4.78, 5) is 4.41. The second kappa shape index (κ2) is 7.42. The first-order valence-electron chi connectivity index (χ1n) is 7.18. The van der Waals surface area contributed by atoms with Gasteiger partial charge in [-0.15, -0.1) is 5.10 Å². The van der Waals surface area contributed by atoms with Gasteiger partial charge >= 0.3 is 0 Å². The lowest BCUT2D eigenvalue weighted by Crippen LogP contribution is -2.16. The monoisotopic (exact) mass is 287 g/mol. The Labute approximate surface area is 125 Å². The minimum atomic E-state index is 0.303. The number of ether oxygens (including phenoxy) is 1. The number of aromatic nitrogens is 3. The quantitative estimate of drug-likeness (QED) is 0.814. The maximum absolute atomic E-state index is 5.58. The molecule has 2 rings (SSSR count). The standard InChI is InChI=1S/C15H21N5O/c1-4-11(3)17-15-19-14(10-16-20-15)18-12-8-6-7-9-13(12)21-5-2/h6-11H,4-5H2,1-3H3,(H2,17,18,19,20). The molecule has 6 heteroatoms. The van der Waals surface area contributed by atoms with Crippen LogP contribution in [0, 0.1) is 0 Å². The van der Waals surface area contributed by atoms with Gasteiger partial charge in [0.1, 0.15) is 5.75 Å². The van der Waals surface area contributed by atoms with E-state index < -0.39 is 0 Å². The lowest BCUT2D eigenvalue weighted by molar-refractivity contribution is 0.342. The number of nitrogens with one attached hydrogen (secondary N) is 2. The van der Waals surface area contributed by atoms with Gasteiger partial charge in [-0.05, 0) is 32.4 Å². The summed E-state index contributed by atoms with van der Waals surface area (Å²) < 4.78 is 5.58. The van der Waals surface area contributed by atoms with Crippen molar-refractivity contribution < 1.29 is 4.74 Å². The summed E-state index contributed by atoms with van der Waals surface area (Å²) in [5.41, 5.74) is 0.856. The Hall–Kier alpha value is -2.37. The van der Waals surface area contributed by atoms with Gasteiger partial charge < -0.3 is 15.4 Å². The normalized spacial score (nSPS) is 11.8. The fourth-order valence-electron chi connectivity index (χ4n) is 1.74. The van der Waals surface area contributed by atoms with Gasteiger partial charge in [-0.25, -0.2) is 0 Å². The number of hydrogen-bond donors (Lipinski definition) is 2. The molecular formula is C15H21N5O. The van der Waals surface area contributed by atoms with E-state index in [4.69, 9.17) is 4.74 Å². The Kier molecular flexibility index (Phi) is 5.31. The zero-order valence-corrected chi connectivity index (χ0v) is 12.6. The largest absolute Gasteiger partial charge is 0.492 e. The molecule has 6 nitrogen and oxygen atoms in total. The number of benzene rings is 1. The highest BCUT2D eigenvalue weighted by atomic mass is 16.5. The highest BCUT2D eigenvalue weighted by molar-refractivity contribution is 5.63. The summed E-state index contributed by atoms with van der Waals surface area (Å²) in [6.45, 7) is 6.75. The van der Waals surface area contributed by atoms with E-state index in [1.54, 1.807) is 6.20 Å². The molecule has 0 saturated heterocycles. The molecule has 2 aromatic rings. The summed E-state index contributed by atoms with van der Waals surface area (Å²) in [6.07, 6.45) is 2.58. The lowest BCUT2D eigenvalue weighted by atomic mass is 10.3. The van der Waals surface area contributed by atoms with Gasteiger partial charge in [0.05, 0.1) is 18.5 Å². The van der Waals surface area contributed by atoms with E-state index >= 15 is 0 Å². The van der Waals surface area contributed by atoms with Gasteiger partial charge in [-0.2, -0.15) is 10.1 Å². The molecule has 0 bridgehead atoms. The molecule has 2 N–H and O–H groups in total. The highest BCUT2D eigenvalue weighted by Gasteiger charge is 2.07. The maximum atomic E-state index is 5.58. The second-order valence-corrected chi connectivity index (χ2v) is 4.67. The van der Waals surface area contributed by atoms with Crippen LogP contribution in [0.15, 0.2) is 30.5 Å². The fraction of sp³-hybridized carbons (Fsp3) is 0.400. The van der Waals surface area contributed by atoms with Crippen LogP contribution in [0.25, 0.3) is 0 Å². The smallest absolute Gasteiger partial charge is 0.244 e. The van der Waals surface area contributed by atoms with Crippen molar-refractivity contribution in [1.82, 2.24) is 15.2 Å². The molecule has 1 atom stereocenters. The highest BCUT2D eigenvalue weighted by Crippen LogP contribution is 2.26. The van der Waals surface area contributed by atoms with Crippen LogP contribution >= 0.6 is 0 Å². The third-order valence-electron chi connectivity index (χ3n) is 3.00. The molecule has 21 heavy (non-hydrogen) atoms. The number of para-hydroxylation sites is 2. The summed E-state index contributed by atoms with van der Waals surface area (Å²) >= 11 is 0. The van der Waals surface area contributed by atoms with Crippen molar-refractivity contribution in [2.24, 2.45) is 0 Å². The molecule has 0 aliphatic carbocycles. The molecule has 0 radical (unpaired) electrons. The first kappa shape index (κ1) is 15.0. The third-order valence-corrected chi connectivity index (χ3v) is 3.00. The van der Waals surface area contributed by atoms with Gasteiger partial charge in [0.15, 0.2) is 5.82 Å². The van der Waals surface area contributed by atoms with Crippen LogP contribution in [-0.4, -0.2) is 27.8 Å². The van der Waals surface area contributed by atoms with E-state index in [0.29, 0.717) is 24.4 Å². The van der Waals surface area contributed by atoms with E-state index in [9.17, 15) is 0 Å². The van der Waals surface area contributed by atoms with E-state index in [2.05, 4.69) is 39.7 Å². The van der Waals surface area contributed by atoms with E-state index in [0.717, 1.165) is 17.9 Å². The predicted molar refractivity (Wildman–Crippen MR) is 84.1 cm³/mol. The zero-order valence-electron chi connectivity index (χ0n) is 12.6. The fourth-order valence-corrected chi connectivity index (χ4v) is 1.74. The minimum absolute atomic E-state index is 0.303. The van der Waals surface area contributed by atoms with Crippen LogP contribution in [-0.2, 0) is 0 Å². The average Bonchev–Trinajstić information content (AvgIpc) is 2.50. The van der Waals surface area contributed by atoms with Gasteiger partial charge in [-0.1, -0.05) is 19.1 Å². The molecule has 0 aliphatic rings. The Morgan fingerprint density at radius 3 is 2.81 bits per heavy atom. The topological polar surface area (TPSA) is 72.0 Å². The van der Waals surface area contributed by atoms with Crippen LogP contribution in [0.4, 0.5) is 17.5 Å². The van der Waals surface area contributed by atoms with Crippen molar-refractivity contribution in [1.29, 1.82) is 0 Å². The summed E-state index contributed by atoms with van der Waals surface area (Å²) in [5.74, 6) is 1.93. The Bertz CT molecular complexity index is 575. The predicted octanol–water partition coefficient (Wildman–Crippen LogP) is 3.22. The Morgan fingerprint density at radius 1 is 1.24 bits per heavy atom. The molecule has 0 saturated carbocycles. The number of hydrogen-bond acceptors (Lipinski definition) is 6. The van der Waals surface area contributed by atoms with Crippen LogP contribution < -0.4 is 15.4 Å². The maximum Gasteiger partial charge on any atom is 0.244 e. The van der Waals surface area contributed by atoms with E-state index in [1.807, 2.05) is 31.2 Å². The van der Waals surface area contributed by atoms with Crippen molar-refractivity contribution in [3.05, 3.63) is 30.5 Å². The molecule has 0 aliphatic heterocycles. The molecule has 1 heterocycles. The van der Waals surface area contributed by atoms with Gasteiger partial charge in [0, 0.05) is 6.04 Å². The van der Waals surface area contributed by atoms with Gasteiger partial charge in [0.2, 0.25) is 5.95 Å². The van der Waals surface area contributed by atoms with Crippen LogP contribution in [0.5, 0.6) is 5.75 Å². The van der Waals surface area contributed by atoms with Crippen LogP contribution in [0.1, 0.15) is 27.2 Å². The molecule has 0 spiro atoms. The number of rotatable bonds is 7. The molecule has 1 aromatic carbocycles. The summed E-state index contributed by atoms with van der Waals surface area (Å²) in [6, 6.07) is 8.04. The molecule has 0 amide bonds. The lowest BCUT2D eigenvalue weighted by Gasteiger charge is -2.13. The Balaban J connectivity index is 2.14. The van der Waals surface area contributed by atoms with Gasteiger partial charge in [0.25, 0.3) is 0 Å². The molecule has 1 unspecified atom stereocenters. The second-order valence-electron chi connectivity index (χ2n) is 4.67. The minimum Gasteiger partial charge on any atom is -0.492 e. The zero-order chi connectivity index (χ0) is 15.1. The third kappa shape index (κ3) is 4.30. The van der Waals surface area contributed by atoms with E-state index in [-0.39, 0.29) is 0 Å². The number of nitrogens with zero attached hydrogens (tertiary/aromatic N) is 3. The van der Waals surface area contributed by atoms with Crippen molar-refractivity contribution in [2.75, 3.05) is 17.2 Å². The molecular weight excluding hydrogens is 266 g/mol. The van der Waals surface area contributed by atoms with Crippen molar-refractivity contribution in [3.8, 4) is 5.75 Å². The van der Waals surface area contributed by atoms with Gasteiger partial charge in [-0.3, -0.25) is 0 Å². The summed E-state index contributed by atoms with van der Waals surface area (Å²) in [5, 5.41) is 14.4. The SMILES string of the molecule is CCOc1ccccc1Nc1cnnc(NC(C)CC)n1. The molecule has 112 valence electrons. The molecule has 1 aromatic heterocycles. The first-order chi connectivity index (χ1) is 10.2. The summed E-state index contributed by atoms with van der Waals surface area (Å²) in [7, 11) is 0. The van der Waals surface area contributed by atoms with Crippen molar-refractivity contribution in [2.45, 2.75) is 33.2 Å². The first-order valence-corrected chi connectivity index (χ1v) is 7.18. The number of anilines is 3. The van der Waals surface area contributed by atoms with E-state index in [1.165, 1.54) is 0 Å². The average molecular weight is 287 g/mol. The molecule has 0 fully saturated rings.